The Labute approximate surface area is 162 Å². The number of nitrogens with one attached hydrogen (secondary N) is 3. The Hall–Kier alpha value is -3.39. The van der Waals surface area contributed by atoms with E-state index >= 15 is 0 Å². The molecule has 0 aromatic heterocycles. The summed E-state index contributed by atoms with van der Waals surface area (Å²) in [6.45, 7) is 0.388. The fraction of sp³-hybridized carbons (Fsp3) is 0.250. The summed E-state index contributed by atoms with van der Waals surface area (Å²) in [4.78, 5) is 38.3. The lowest BCUT2D eigenvalue weighted by Gasteiger charge is -2.14. The van der Waals surface area contributed by atoms with Gasteiger partial charge in [0.15, 0.2) is 6.61 Å². The van der Waals surface area contributed by atoms with Crippen LogP contribution >= 0.6 is 0 Å². The fourth-order valence-corrected chi connectivity index (χ4v) is 3.17. The number of amides is 3. The molecule has 28 heavy (non-hydrogen) atoms. The Kier molecular flexibility index (Phi) is 6.59. The van der Waals surface area contributed by atoms with Gasteiger partial charge in [0.1, 0.15) is 6.61 Å². The van der Waals surface area contributed by atoms with E-state index < -0.39 is 12.0 Å². The van der Waals surface area contributed by atoms with E-state index in [9.17, 15) is 14.4 Å². The average Bonchev–Trinajstić information content (AvgIpc) is 3.04. The quantitative estimate of drug-likeness (QED) is 0.344. The van der Waals surface area contributed by atoms with Crippen molar-refractivity contribution in [2.75, 3.05) is 26.3 Å². The van der Waals surface area contributed by atoms with E-state index in [1.54, 1.807) is 0 Å². The molecule has 0 unspecified atom stereocenters. The van der Waals surface area contributed by atoms with Crippen molar-refractivity contribution >= 4 is 18.4 Å². The van der Waals surface area contributed by atoms with Crippen LogP contribution in [0.25, 0.3) is 11.1 Å². The van der Waals surface area contributed by atoms with Gasteiger partial charge < -0.3 is 15.4 Å². The molecule has 8 heteroatoms. The normalized spacial score (nSPS) is 11.9. The molecule has 3 amide bonds. The van der Waals surface area contributed by atoms with Crippen LogP contribution < -0.4 is 16.1 Å². The Balaban J connectivity index is 1.45. The van der Waals surface area contributed by atoms with Crippen LogP contribution in [0.3, 0.4) is 0 Å². The number of carbonyl (C=O) groups is 3. The molecule has 0 radical (unpaired) electrons. The topological polar surface area (TPSA) is 106 Å². The molecular formula is C20H21N3O5. The molecule has 0 aliphatic heterocycles. The Morgan fingerprint density at radius 3 is 2.25 bits per heavy atom. The summed E-state index contributed by atoms with van der Waals surface area (Å²) in [6.07, 6.45) is -0.223. The monoisotopic (exact) mass is 383 g/mol. The SMILES string of the molecule is O=CNCCNC(=O)CONC(=O)OCC1c2ccccc2-c2ccccc21. The third kappa shape index (κ3) is 4.66. The second-order valence-corrected chi connectivity index (χ2v) is 6.14. The zero-order valence-corrected chi connectivity index (χ0v) is 15.1. The molecule has 0 saturated heterocycles. The second-order valence-electron chi connectivity index (χ2n) is 6.14. The maximum Gasteiger partial charge on any atom is 0.431 e. The van der Waals surface area contributed by atoms with Gasteiger partial charge in [-0.25, -0.2) is 4.79 Å². The molecule has 0 spiro atoms. The Morgan fingerprint density at radius 1 is 0.964 bits per heavy atom. The molecule has 3 rings (SSSR count). The number of fused-ring (bicyclic) bond motifs is 3. The third-order valence-electron chi connectivity index (χ3n) is 4.38. The van der Waals surface area contributed by atoms with E-state index in [1.807, 2.05) is 36.4 Å². The summed E-state index contributed by atoms with van der Waals surface area (Å²) in [7, 11) is 0. The van der Waals surface area contributed by atoms with Gasteiger partial charge in [0.25, 0.3) is 0 Å². The van der Waals surface area contributed by atoms with Crippen molar-refractivity contribution in [3.05, 3.63) is 59.7 Å². The van der Waals surface area contributed by atoms with Crippen molar-refractivity contribution in [2.24, 2.45) is 0 Å². The first-order chi connectivity index (χ1) is 13.7. The van der Waals surface area contributed by atoms with Crippen LogP contribution in [0.1, 0.15) is 17.0 Å². The van der Waals surface area contributed by atoms with Gasteiger partial charge in [0.05, 0.1) is 0 Å². The van der Waals surface area contributed by atoms with E-state index in [1.165, 1.54) is 0 Å². The van der Waals surface area contributed by atoms with Crippen LogP contribution in [0.15, 0.2) is 48.5 Å². The Bertz CT molecular complexity index is 810. The van der Waals surface area contributed by atoms with Crippen molar-refractivity contribution in [3.8, 4) is 11.1 Å². The summed E-state index contributed by atoms with van der Waals surface area (Å²) in [6, 6.07) is 16.1. The standard InChI is InChI=1S/C20H21N3O5/c24-13-21-9-10-22-19(25)12-28-23-20(26)27-11-18-16-7-3-1-5-14(16)15-6-2-4-8-17(15)18/h1-8,13,18H,9-12H2,(H,21,24)(H,22,25)(H,23,26). The first-order valence-corrected chi connectivity index (χ1v) is 8.87. The number of carbonyl (C=O) groups excluding carboxylic acids is 3. The van der Waals surface area contributed by atoms with Gasteiger partial charge in [-0.3, -0.25) is 14.4 Å². The summed E-state index contributed by atoms with van der Waals surface area (Å²) in [5, 5.41) is 4.92. The maximum absolute atomic E-state index is 11.9. The maximum atomic E-state index is 11.9. The number of benzene rings is 2. The number of hydrogen-bond acceptors (Lipinski definition) is 5. The third-order valence-corrected chi connectivity index (χ3v) is 4.38. The number of hydroxylamine groups is 1. The van der Waals surface area contributed by atoms with Gasteiger partial charge >= 0.3 is 6.09 Å². The van der Waals surface area contributed by atoms with Gasteiger partial charge in [-0.2, -0.15) is 5.48 Å². The van der Waals surface area contributed by atoms with Gasteiger partial charge in [-0.05, 0) is 22.3 Å². The number of hydrogen-bond donors (Lipinski definition) is 3. The summed E-state index contributed by atoms with van der Waals surface area (Å²) in [5.74, 6) is -0.474. The number of rotatable bonds is 9. The zero-order valence-electron chi connectivity index (χ0n) is 15.1. The van der Waals surface area contributed by atoms with Crippen molar-refractivity contribution < 1.29 is 24.0 Å². The molecular weight excluding hydrogens is 362 g/mol. The van der Waals surface area contributed by atoms with E-state index in [0.29, 0.717) is 13.0 Å². The lowest BCUT2D eigenvalue weighted by atomic mass is 9.98. The molecule has 2 aromatic rings. The molecule has 0 fully saturated rings. The first-order valence-electron chi connectivity index (χ1n) is 8.87. The highest BCUT2D eigenvalue weighted by Crippen LogP contribution is 2.44. The molecule has 0 heterocycles. The minimum atomic E-state index is -0.766. The van der Waals surface area contributed by atoms with E-state index in [-0.39, 0.29) is 25.7 Å². The zero-order chi connectivity index (χ0) is 19.8. The highest BCUT2D eigenvalue weighted by atomic mass is 16.7. The summed E-state index contributed by atoms with van der Waals surface area (Å²) >= 11 is 0. The lowest BCUT2D eigenvalue weighted by molar-refractivity contribution is -0.127. The fourth-order valence-electron chi connectivity index (χ4n) is 3.17. The smallest absolute Gasteiger partial charge is 0.431 e. The van der Waals surface area contributed by atoms with Crippen LogP contribution in [0.2, 0.25) is 0 Å². The minimum Gasteiger partial charge on any atom is -0.447 e. The Morgan fingerprint density at radius 2 is 1.61 bits per heavy atom. The highest BCUT2D eigenvalue weighted by Gasteiger charge is 2.28. The van der Waals surface area contributed by atoms with E-state index in [0.717, 1.165) is 22.3 Å². The molecule has 0 saturated carbocycles. The van der Waals surface area contributed by atoms with Crippen LogP contribution in [-0.2, 0) is 19.2 Å². The second kappa shape index (κ2) is 9.52. The van der Waals surface area contributed by atoms with Crippen molar-refractivity contribution in [3.63, 3.8) is 0 Å². The van der Waals surface area contributed by atoms with Crippen LogP contribution in [0.4, 0.5) is 4.79 Å². The van der Waals surface area contributed by atoms with Crippen molar-refractivity contribution in [2.45, 2.75) is 5.92 Å². The molecule has 0 bridgehead atoms. The predicted molar refractivity (Wildman–Crippen MR) is 101 cm³/mol. The van der Waals surface area contributed by atoms with Gasteiger partial charge in [-0.15, -0.1) is 0 Å². The summed E-state index contributed by atoms with van der Waals surface area (Å²) in [5.41, 5.74) is 6.60. The number of ether oxygens (including phenoxy) is 1. The van der Waals surface area contributed by atoms with Crippen molar-refractivity contribution in [1.29, 1.82) is 0 Å². The van der Waals surface area contributed by atoms with Gasteiger partial charge in [0, 0.05) is 19.0 Å². The van der Waals surface area contributed by atoms with Gasteiger partial charge in [0.2, 0.25) is 12.3 Å². The molecule has 1 aliphatic carbocycles. The van der Waals surface area contributed by atoms with Crippen LogP contribution in [0.5, 0.6) is 0 Å². The molecule has 2 aromatic carbocycles. The average molecular weight is 383 g/mol. The van der Waals surface area contributed by atoms with Crippen molar-refractivity contribution in [1.82, 2.24) is 16.1 Å². The molecule has 8 nitrogen and oxygen atoms in total. The van der Waals surface area contributed by atoms with E-state index in [2.05, 4.69) is 28.2 Å². The highest BCUT2D eigenvalue weighted by molar-refractivity contribution is 5.79. The molecule has 0 atom stereocenters. The van der Waals surface area contributed by atoms with Gasteiger partial charge in [-0.1, -0.05) is 48.5 Å². The van der Waals surface area contributed by atoms with Crippen LogP contribution in [0, 0.1) is 0 Å². The minimum absolute atomic E-state index is 0.0493. The van der Waals surface area contributed by atoms with Crippen LogP contribution in [-0.4, -0.2) is 44.7 Å². The lowest BCUT2D eigenvalue weighted by Crippen LogP contribution is -2.36. The molecule has 146 valence electrons. The molecule has 3 N–H and O–H groups in total. The largest absolute Gasteiger partial charge is 0.447 e. The molecule has 1 aliphatic rings. The summed E-state index contributed by atoms with van der Waals surface area (Å²) < 4.78 is 5.28. The predicted octanol–water partition coefficient (Wildman–Crippen LogP) is 1.32. The van der Waals surface area contributed by atoms with E-state index in [4.69, 9.17) is 9.57 Å². The first kappa shape index (κ1) is 19.4.